The van der Waals surface area contributed by atoms with Gasteiger partial charge in [0.05, 0.1) is 13.2 Å². The maximum atomic E-state index is 11.8. The number of H-pyrrole nitrogens is 1. The first-order valence-electron chi connectivity index (χ1n) is 8.39. The number of aromatic nitrogens is 4. The Balaban J connectivity index is 1.53. The number of ether oxygens (including phenoxy) is 2. The van der Waals surface area contributed by atoms with Gasteiger partial charge in [0.15, 0.2) is 17.5 Å². The van der Waals surface area contributed by atoms with Crippen molar-refractivity contribution < 1.29 is 14.6 Å². The van der Waals surface area contributed by atoms with E-state index in [1.165, 1.54) is 6.33 Å². The second-order valence-corrected chi connectivity index (χ2v) is 6.65. The van der Waals surface area contributed by atoms with Crippen LogP contribution in [0.15, 0.2) is 16.7 Å². The molecule has 2 fully saturated rings. The lowest BCUT2D eigenvalue weighted by Gasteiger charge is -2.24. The first-order chi connectivity index (χ1) is 12.1. The number of rotatable bonds is 5. The second-order valence-electron chi connectivity index (χ2n) is 6.65. The van der Waals surface area contributed by atoms with Gasteiger partial charge < -0.3 is 20.3 Å². The molecule has 1 aliphatic carbocycles. The summed E-state index contributed by atoms with van der Waals surface area (Å²) < 4.78 is 13.1. The van der Waals surface area contributed by atoms with Crippen molar-refractivity contribution in [2.45, 2.75) is 32.0 Å². The van der Waals surface area contributed by atoms with Crippen molar-refractivity contribution in [1.82, 2.24) is 19.5 Å². The first kappa shape index (κ1) is 16.2. The number of anilines is 1. The molecule has 4 N–H and O–H groups in total. The largest absolute Gasteiger partial charge is 0.395 e. The van der Waals surface area contributed by atoms with E-state index in [0.29, 0.717) is 18.7 Å². The SMILES string of the molecule is Nc1nc2c(ncn2C=C2CC2(CO)COC2CCCCO2)c(=O)[nH]1. The summed E-state index contributed by atoms with van der Waals surface area (Å²) >= 11 is 0. The van der Waals surface area contributed by atoms with Gasteiger partial charge in [-0.25, -0.2) is 4.98 Å². The van der Waals surface area contributed by atoms with E-state index < -0.39 is 5.41 Å². The highest BCUT2D eigenvalue weighted by molar-refractivity contribution is 5.73. The van der Waals surface area contributed by atoms with Crippen LogP contribution in [0.2, 0.25) is 0 Å². The van der Waals surface area contributed by atoms with Crippen molar-refractivity contribution in [3.05, 3.63) is 22.3 Å². The number of nitrogen functional groups attached to an aromatic ring is 1. The molecule has 2 aromatic rings. The number of nitrogens with two attached hydrogens (primary N) is 1. The van der Waals surface area contributed by atoms with Crippen LogP contribution in [-0.2, 0) is 9.47 Å². The molecule has 1 saturated carbocycles. The molecule has 25 heavy (non-hydrogen) atoms. The summed E-state index contributed by atoms with van der Waals surface area (Å²) in [6, 6.07) is 0. The molecular formula is C16H21N5O4. The molecular weight excluding hydrogens is 326 g/mol. The van der Waals surface area contributed by atoms with Gasteiger partial charge in [-0.3, -0.25) is 14.3 Å². The van der Waals surface area contributed by atoms with Gasteiger partial charge in [0, 0.05) is 18.2 Å². The third kappa shape index (κ3) is 3.06. The van der Waals surface area contributed by atoms with Crippen LogP contribution in [0, 0.1) is 5.41 Å². The van der Waals surface area contributed by atoms with E-state index in [9.17, 15) is 9.90 Å². The van der Waals surface area contributed by atoms with E-state index in [1.54, 1.807) is 4.57 Å². The molecule has 0 spiro atoms. The minimum Gasteiger partial charge on any atom is -0.395 e. The Hall–Kier alpha value is -2.23. The van der Waals surface area contributed by atoms with Gasteiger partial charge >= 0.3 is 0 Å². The Morgan fingerprint density at radius 2 is 2.44 bits per heavy atom. The molecule has 0 bridgehead atoms. The van der Waals surface area contributed by atoms with Crippen LogP contribution >= 0.6 is 0 Å². The second kappa shape index (κ2) is 6.25. The molecule has 0 aromatic carbocycles. The Morgan fingerprint density at radius 1 is 1.56 bits per heavy atom. The van der Waals surface area contributed by atoms with Gasteiger partial charge in [0.2, 0.25) is 5.95 Å². The fourth-order valence-corrected chi connectivity index (χ4v) is 3.15. The molecule has 1 saturated heterocycles. The summed E-state index contributed by atoms with van der Waals surface area (Å²) in [5.74, 6) is 0.0413. The number of nitrogens with zero attached hydrogens (tertiary/aromatic N) is 3. The number of imidazole rings is 1. The Bertz CT molecular complexity index is 867. The monoisotopic (exact) mass is 347 g/mol. The number of nitrogens with one attached hydrogen (secondary N) is 1. The van der Waals surface area contributed by atoms with Crippen LogP contribution < -0.4 is 11.3 Å². The fraction of sp³-hybridized carbons (Fsp3) is 0.562. The van der Waals surface area contributed by atoms with Crippen LogP contribution in [0.25, 0.3) is 17.4 Å². The first-order valence-corrected chi connectivity index (χ1v) is 8.39. The van der Waals surface area contributed by atoms with Crippen LogP contribution in [0.1, 0.15) is 25.7 Å². The van der Waals surface area contributed by atoms with Crippen LogP contribution in [-0.4, -0.2) is 50.7 Å². The van der Waals surface area contributed by atoms with Crippen LogP contribution in [0.5, 0.6) is 0 Å². The number of hydrogen-bond donors (Lipinski definition) is 3. The van der Waals surface area contributed by atoms with Gasteiger partial charge in [-0.1, -0.05) is 0 Å². The summed E-state index contributed by atoms with van der Waals surface area (Å²) in [7, 11) is 0. The maximum Gasteiger partial charge on any atom is 0.280 e. The normalized spacial score (nSPS) is 27.9. The van der Waals surface area contributed by atoms with Crippen LogP contribution in [0.3, 0.4) is 0 Å². The highest BCUT2D eigenvalue weighted by Gasteiger charge is 2.49. The van der Waals surface area contributed by atoms with Gasteiger partial charge in [0.1, 0.15) is 6.33 Å². The number of aliphatic hydroxyl groups is 1. The number of aliphatic hydroxyl groups excluding tert-OH is 1. The highest BCUT2D eigenvalue weighted by atomic mass is 16.7. The van der Waals surface area contributed by atoms with Gasteiger partial charge in [-0.05, 0) is 31.3 Å². The zero-order valence-corrected chi connectivity index (χ0v) is 13.8. The molecule has 0 amide bonds. The molecule has 0 radical (unpaired) electrons. The summed E-state index contributed by atoms with van der Waals surface area (Å²) in [4.78, 5) is 22.5. The third-order valence-corrected chi connectivity index (χ3v) is 4.82. The predicted molar refractivity (Wildman–Crippen MR) is 90.5 cm³/mol. The smallest absolute Gasteiger partial charge is 0.280 e. The minimum atomic E-state index is -0.399. The fourth-order valence-electron chi connectivity index (χ4n) is 3.15. The Morgan fingerprint density at radius 3 is 3.20 bits per heavy atom. The standard InChI is InChI=1S/C16H21N5O4/c17-15-19-13-12(14(23)20-15)18-9-21(13)6-10-5-16(10,7-22)8-25-11-3-1-2-4-24-11/h6,9,11,22H,1-5,7-8H2,(H3,17,19,20,23). The van der Waals surface area contributed by atoms with Gasteiger partial charge in [-0.15, -0.1) is 0 Å². The van der Waals surface area contributed by atoms with Crippen molar-refractivity contribution in [3.8, 4) is 0 Å². The third-order valence-electron chi connectivity index (χ3n) is 4.82. The highest BCUT2D eigenvalue weighted by Crippen LogP contribution is 2.52. The van der Waals surface area contributed by atoms with Crippen molar-refractivity contribution >= 4 is 23.3 Å². The van der Waals surface area contributed by atoms with Crippen LogP contribution in [0.4, 0.5) is 5.95 Å². The summed E-state index contributed by atoms with van der Waals surface area (Å²) in [6.07, 6.45) is 6.94. The molecule has 2 atom stereocenters. The molecule has 1 aliphatic heterocycles. The molecule has 2 aliphatic rings. The van der Waals surface area contributed by atoms with E-state index in [2.05, 4.69) is 15.0 Å². The predicted octanol–water partition coefficient (Wildman–Crippen LogP) is 0.468. The van der Waals surface area contributed by atoms with Crippen molar-refractivity contribution in [1.29, 1.82) is 0 Å². The van der Waals surface area contributed by atoms with E-state index in [-0.39, 0.29) is 29.9 Å². The molecule has 2 aromatic heterocycles. The van der Waals surface area contributed by atoms with E-state index in [4.69, 9.17) is 15.2 Å². The van der Waals surface area contributed by atoms with Crippen molar-refractivity contribution in [3.63, 3.8) is 0 Å². The molecule has 9 nitrogen and oxygen atoms in total. The number of fused-ring (bicyclic) bond motifs is 1. The average molecular weight is 347 g/mol. The lowest BCUT2D eigenvalue weighted by Crippen LogP contribution is -2.27. The van der Waals surface area contributed by atoms with E-state index in [0.717, 1.165) is 31.4 Å². The lowest BCUT2D eigenvalue weighted by molar-refractivity contribution is -0.172. The summed E-state index contributed by atoms with van der Waals surface area (Å²) in [5, 5.41) is 9.81. The van der Waals surface area contributed by atoms with Gasteiger partial charge in [-0.2, -0.15) is 4.98 Å². The topological polar surface area (TPSA) is 128 Å². The van der Waals surface area contributed by atoms with Crippen molar-refractivity contribution in [2.24, 2.45) is 5.41 Å². The minimum absolute atomic E-state index is 0.00562. The molecule has 4 rings (SSSR count). The Labute approximate surface area is 143 Å². The van der Waals surface area contributed by atoms with E-state index in [1.807, 2.05) is 6.20 Å². The maximum absolute atomic E-state index is 11.8. The molecule has 2 unspecified atom stereocenters. The lowest BCUT2D eigenvalue weighted by atomic mass is 10.1. The zero-order valence-electron chi connectivity index (χ0n) is 13.8. The average Bonchev–Trinajstić information content (AvgIpc) is 3.16. The van der Waals surface area contributed by atoms with E-state index >= 15 is 0 Å². The summed E-state index contributed by atoms with van der Waals surface area (Å²) in [6.45, 7) is 1.12. The molecule has 9 heteroatoms. The summed E-state index contributed by atoms with van der Waals surface area (Å²) in [5.41, 5.74) is 6.48. The number of aromatic amines is 1. The number of hydrogen-bond acceptors (Lipinski definition) is 7. The van der Waals surface area contributed by atoms with Gasteiger partial charge in [0.25, 0.3) is 5.56 Å². The Kier molecular flexibility index (Phi) is 4.06. The van der Waals surface area contributed by atoms with Crippen molar-refractivity contribution in [2.75, 3.05) is 25.6 Å². The quantitative estimate of drug-likeness (QED) is 0.717. The molecule has 134 valence electrons. The zero-order chi connectivity index (χ0) is 17.4. The molecule has 3 heterocycles.